The van der Waals surface area contributed by atoms with Gasteiger partial charge in [-0.2, -0.15) is 0 Å². The molecule has 2 aliphatic heterocycles. The van der Waals surface area contributed by atoms with Gasteiger partial charge in [0.1, 0.15) is 0 Å². The van der Waals surface area contributed by atoms with Gasteiger partial charge in [0, 0.05) is 38.2 Å². The molecule has 0 aromatic rings. The van der Waals surface area contributed by atoms with Gasteiger partial charge in [0.25, 0.3) is 0 Å². The number of ether oxygens (including phenoxy) is 1. The number of likely N-dealkylation sites (N-methyl/N-ethyl adjacent to an activating group) is 1. The molecule has 122 valence electrons. The van der Waals surface area contributed by atoms with Gasteiger partial charge in [0.15, 0.2) is 5.84 Å². The van der Waals surface area contributed by atoms with Crippen LogP contribution in [-0.2, 0) is 9.53 Å². The summed E-state index contributed by atoms with van der Waals surface area (Å²) in [7, 11) is 1.20. The third-order valence-corrected chi connectivity index (χ3v) is 3.59. The highest BCUT2D eigenvalue weighted by Crippen LogP contribution is 2.06. The maximum absolute atomic E-state index is 11.8. The van der Waals surface area contributed by atoms with Crippen molar-refractivity contribution in [1.29, 1.82) is 0 Å². The van der Waals surface area contributed by atoms with Crippen LogP contribution in [0.5, 0.6) is 0 Å². The molecule has 22 heavy (non-hydrogen) atoms. The number of amides is 3. The first-order valence-electron chi connectivity index (χ1n) is 7.07. The van der Waals surface area contributed by atoms with Gasteiger partial charge in [0.05, 0.1) is 13.2 Å². The van der Waals surface area contributed by atoms with E-state index in [1.807, 2.05) is 0 Å². The summed E-state index contributed by atoms with van der Waals surface area (Å²) in [6, 6.07) is -2.33. The molecule has 10 nitrogen and oxygen atoms in total. The lowest BCUT2D eigenvalue weighted by Crippen LogP contribution is -2.61. The Morgan fingerprint density at radius 2 is 2.09 bits per heavy atom. The highest BCUT2D eigenvalue weighted by atomic mass is 16.6. The van der Waals surface area contributed by atoms with E-state index in [4.69, 9.17) is 4.74 Å². The lowest BCUT2D eigenvalue weighted by atomic mass is 10.2. The van der Waals surface area contributed by atoms with Gasteiger partial charge in [-0.1, -0.05) is 0 Å². The molecule has 1 N–H and O–H groups in total. The van der Waals surface area contributed by atoms with E-state index >= 15 is 0 Å². The molecular weight excluding hydrogens is 294 g/mol. The number of imide groups is 1. The molecule has 0 radical (unpaired) electrons. The molecule has 0 saturated carbocycles. The number of urea groups is 1. The smallest absolute Gasteiger partial charge is 0.346 e. The minimum absolute atomic E-state index is 0.180. The van der Waals surface area contributed by atoms with Crippen molar-refractivity contribution in [2.24, 2.45) is 4.99 Å². The van der Waals surface area contributed by atoms with Crippen LogP contribution >= 0.6 is 0 Å². The lowest BCUT2D eigenvalue weighted by molar-refractivity contribution is -0.491. The van der Waals surface area contributed by atoms with Gasteiger partial charge >= 0.3 is 18.0 Å². The van der Waals surface area contributed by atoms with Gasteiger partial charge in [-0.15, -0.1) is 0 Å². The first-order chi connectivity index (χ1) is 10.5. The van der Waals surface area contributed by atoms with E-state index in [2.05, 4.69) is 15.2 Å². The Bertz CT molecular complexity index is 488. The molecular formula is C12H19N5O5. The summed E-state index contributed by atoms with van der Waals surface area (Å²) < 4.78 is 5.24. The maximum atomic E-state index is 11.8. The minimum Gasteiger partial charge on any atom is -0.379 e. The second-order valence-corrected chi connectivity index (χ2v) is 5.09. The van der Waals surface area contributed by atoms with Crippen molar-refractivity contribution in [3.63, 3.8) is 0 Å². The minimum atomic E-state index is -1.63. The Hall–Kier alpha value is -2.07. The van der Waals surface area contributed by atoms with Crippen molar-refractivity contribution in [2.75, 3.05) is 46.4 Å². The van der Waals surface area contributed by atoms with E-state index in [9.17, 15) is 19.7 Å². The largest absolute Gasteiger partial charge is 0.379 e. The Balaban J connectivity index is 1.91. The Labute approximate surface area is 127 Å². The Morgan fingerprint density at radius 3 is 2.73 bits per heavy atom. The third-order valence-electron chi connectivity index (χ3n) is 3.59. The molecule has 2 aliphatic rings. The summed E-state index contributed by atoms with van der Waals surface area (Å²) in [5, 5.41) is 13.3. The molecule has 2 rings (SSSR count). The van der Waals surface area contributed by atoms with Crippen LogP contribution in [0.1, 0.15) is 6.42 Å². The summed E-state index contributed by atoms with van der Waals surface area (Å²) in [5.74, 6) is -1.05. The molecule has 0 spiro atoms. The molecule has 3 amide bonds. The number of nitrogens with one attached hydrogen (secondary N) is 1. The zero-order valence-electron chi connectivity index (χ0n) is 12.4. The fourth-order valence-corrected chi connectivity index (χ4v) is 2.30. The zero-order chi connectivity index (χ0) is 16.1. The lowest BCUT2D eigenvalue weighted by Gasteiger charge is -2.26. The number of hydrogen-bond acceptors (Lipinski definition) is 7. The number of morpholine rings is 1. The average molecular weight is 313 g/mol. The second-order valence-electron chi connectivity index (χ2n) is 5.09. The van der Waals surface area contributed by atoms with Crippen LogP contribution in [-0.4, -0.2) is 85.0 Å². The van der Waals surface area contributed by atoms with Crippen LogP contribution in [0.2, 0.25) is 0 Å². The van der Waals surface area contributed by atoms with Crippen molar-refractivity contribution >= 4 is 17.8 Å². The van der Waals surface area contributed by atoms with Gasteiger partial charge in [-0.3, -0.25) is 35.0 Å². The topological polar surface area (TPSA) is 117 Å². The fourth-order valence-electron chi connectivity index (χ4n) is 2.30. The van der Waals surface area contributed by atoms with E-state index in [1.165, 1.54) is 7.05 Å². The zero-order valence-corrected chi connectivity index (χ0v) is 12.4. The van der Waals surface area contributed by atoms with E-state index in [0.29, 0.717) is 31.1 Å². The highest BCUT2D eigenvalue weighted by molar-refractivity contribution is 6.19. The summed E-state index contributed by atoms with van der Waals surface area (Å²) in [4.78, 5) is 40.5. The summed E-state index contributed by atoms with van der Waals surface area (Å²) >= 11 is 0. The highest BCUT2D eigenvalue weighted by Gasteiger charge is 2.45. The summed E-state index contributed by atoms with van der Waals surface area (Å²) in [5.41, 5.74) is 0. The normalized spacial score (nSPS) is 25.4. The van der Waals surface area contributed by atoms with Gasteiger partial charge in [0.2, 0.25) is 0 Å². The van der Waals surface area contributed by atoms with Crippen molar-refractivity contribution < 1.29 is 19.2 Å². The molecule has 1 unspecified atom stereocenters. The third kappa shape index (κ3) is 3.77. The summed E-state index contributed by atoms with van der Waals surface area (Å²) in [6.45, 7) is 4.23. The number of hydrogen-bond donors (Lipinski definition) is 1. The van der Waals surface area contributed by atoms with E-state index < -0.39 is 22.9 Å². The first-order valence-corrected chi connectivity index (χ1v) is 7.07. The molecule has 2 heterocycles. The molecule has 0 aromatic carbocycles. The molecule has 2 saturated heterocycles. The SMILES string of the molecule is CN1C(=O)NC(=NCCCN2CCOCC2)C([N+](=O)[O-])C1=O. The van der Waals surface area contributed by atoms with Crippen LogP contribution in [0.4, 0.5) is 4.79 Å². The predicted octanol–water partition coefficient (Wildman–Crippen LogP) is -1.07. The molecule has 0 bridgehead atoms. The van der Waals surface area contributed by atoms with E-state index in [1.54, 1.807) is 0 Å². The van der Waals surface area contributed by atoms with Gasteiger partial charge in [-0.05, 0) is 6.42 Å². The maximum Gasteiger partial charge on any atom is 0.346 e. The Kier molecular flexibility index (Phi) is 5.39. The van der Waals surface area contributed by atoms with E-state index in [-0.39, 0.29) is 5.84 Å². The number of nitro groups is 1. The number of carbonyl (C=O) groups is 2. The molecule has 2 fully saturated rings. The van der Waals surface area contributed by atoms with Crippen molar-refractivity contribution in [2.45, 2.75) is 12.5 Å². The van der Waals surface area contributed by atoms with Crippen molar-refractivity contribution in [3.8, 4) is 0 Å². The van der Waals surface area contributed by atoms with Crippen LogP contribution < -0.4 is 5.32 Å². The van der Waals surface area contributed by atoms with Crippen molar-refractivity contribution in [3.05, 3.63) is 10.1 Å². The first kappa shape index (κ1) is 16.3. The molecule has 0 aromatic heterocycles. The second kappa shape index (κ2) is 7.27. The monoisotopic (exact) mass is 313 g/mol. The molecule has 1 atom stereocenters. The van der Waals surface area contributed by atoms with Crippen LogP contribution in [0.25, 0.3) is 0 Å². The van der Waals surface area contributed by atoms with E-state index in [0.717, 1.165) is 19.6 Å². The van der Waals surface area contributed by atoms with Crippen LogP contribution in [0, 0.1) is 10.1 Å². The van der Waals surface area contributed by atoms with Crippen LogP contribution in [0.15, 0.2) is 4.99 Å². The predicted molar refractivity (Wildman–Crippen MR) is 76.3 cm³/mol. The van der Waals surface area contributed by atoms with Gasteiger partial charge in [-0.25, -0.2) is 4.79 Å². The number of rotatable bonds is 5. The average Bonchev–Trinajstić information content (AvgIpc) is 2.50. The standard InChI is InChI=1S/C12H19N5O5/c1-15-11(18)9(17(20)21)10(14-12(15)19)13-3-2-4-16-5-7-22-8-6-16/h9H,2-8H2,1H3,(H,13,14,19). The Morgan fingerprint density at radius 1 is 1.41 bits per heavy atom. The quantitative estimate of drug-likeness (QED) is 0.392. The molecule has 0 aliphatic carbocycles. The number of carbonyl (C=O) groups excluding carboxylic acids is 2. The summed E-state index contributed by atoms with van der Waals surface area (Å²) in [6.07, 6.45) is 0.688. The number of aliphatic imine (C=N–C) groups is 1. The number of nitrogens with zero attached hydrogens (tertiary/aromatic N) is 4. The molecule has 10 heteroatoms. The van der Waals surface area contributed by atoms with Crippen molar-refractivity contribution in [1.82, 2.24) is 15.1 Å². The fraction of sp³-hybridized carbons (Fsp3) is 0.750. The van der Waals surface area contributed by atoms with Gasteiger partial charge < -0.3 is 4.74 Å². The number of amidine groups is 1. The van der Waals surface area contributed by atoms with Crippen LogP contribution in [0.3, 0.4) is 0 Å².